The number of esters is 1. The maximum atomic E-state index is 11.8. The van der Waals surface area contributed by atoms with Gasteiger partial charge in [-0.25, -0.2) is 0 Å². The molecule has 0 aliphatic heterocycles. The fourth-order valence-corrected chi connectivity index (χ4v) is 4.56. The zero-order valence-corrected chi connectivity index (χ0v) is 19.2. The number of carbonyl (C=O) groups is 1. The molecule has 1 aromatic rings. The molecule has 0 bridgehead atoms. The van der Waals surface area contributed by atoms with E-state index < -0.39 is 5.60 Å². The molecule has 1 aromatic carbocycles. The van der Waals surface area contributed by atoms with E-state index in [4.69, 9.17) is 4.74 Å². The van der Waals surface area contributed by atoms with Crippen molar-refractivity contribution in [2.45, 2.75) is 96.4 Å². The highest BCUT2D eigenvalue weighted by Gasteiger charge is 2.40. The topological polar surface area (TPSA) is 50.4 Å². The van der Waals surface area contributed by atoms with Crippen molar-refractivity contribution in [1.29, 1.82) is 0 Å². The fourth-order valence-electron chi connectivity index (χ4n) is 4.56. The SMILES string of the molecule is CC/C(=C\c1ccccc1)C1CC1N[C@H]1CC[C@H](NCCC(=O)OC(C)(C)C)CC1. The quantitative estimate of drug-likeness (QED) is 0.555. The molecular formula is C26H40N2O2. The van der Waals surface area contributed by atoms with Crippen LogP contribution in [-0.2, 0) is 9.53 Å². The highest BCUT2D eigenvalue weighted by molar-refractivity contribution is 5.70. The largest absolute Gasteiger partial charge is 0.460 e. The summed E-state index contributed by atoms with van der Waals surface area (Å²) in [5, 5.41) is 7.47. The summed E-state index contributed by atoms with van der Waals surface area (Å²) in [5.74, 6) is 0.597. The zero-order valence-electron chi connectivity index (χ0n) is 19.2. The number of nitrogens with one attached hydrogen (secondary N) is 2. The van der Waals surface area contributed by atoms with Crippen molar-refractivity contribution in [2.75, 3.05) is 6.54 Å². The Bertz CT molecular complexity index is 699. The van der Waals surface area contributed by atoms with Gasteiger partial charge < -0.3 is 15.4 Å². The van der Waals surface area contributed by atoms with E-state index in [0.717, 1.165) is 6.42 Å². The van der Waals surface area contributed by atoms with Crippen LogP contribution < -0.4 is 10.6 Å². The third kappa shape index (κ3) is 7.55. The van der Waals surface area contributed by atoms with E-state index in [9.17, 15) is 4.79 Å². The average molecular weight is 413 g/mol. The van der Waals surface area contributed by atoms with Crippen molar-refractivity contribution >= 4 is 12.0 Å². The Balaban J connectivity index is 1.34. The molecule has 3 rings (SSSR count). The molecule has 2 aliphatic rings. The van der Waals surface area contributed by atoms with Gasteiger partial charge in [-0.3, -0.25) is 4.79 Å². The van der Waals surface area contributed by atoms with Crippen LogP contribution in [0.2, 0.25) is 0 Å². The van der Waals surface area contributed by atoms with E-state index in [1.54, 1.807) is 5.57 Å². The van der Waals surface area contributed by atoms with Gasteiger partial charge in [0.1, 0.15) is 5.60 Å². The summed E-state index contributed by atoms with van der Waals surface area (Å²) in [5.41, 5.74) is 2.50. The van der Waals surface area contributed by atoms with Crippen LogP contribution in [0.4, 0.5) is 0 Å². The lowest BCUT2D eigenvalue weighted by Crippen LogP contribution is -2.41. The Hall–Kier alpha value is -1.65. The first-order chi connectivity index (χ1) is 14.3. The summed E-state index contributed by atoms with van der Waals surface area (Å²) in [7, 11) is 0. The van der Waals surface area contributed by atoms with Crippen molar-refractivity contribution in [3.63, 3.8) is 0 Å². The highest BCUT2D eigenvalue weighted by Crippen LogP contribution is 2.40. The predicted octanol–water partition coefficient (Wildman–Crippen LogP) is 5.09. The lowest BCUT2D eigenvalue weighted by atomic mass is 9.91. The van der Waals surface area contributed by atoms with Gasteiger partial charge in [0, 0.05) is 24.7 Å². The molecule has 4 heteroatoms. The Labute approximate surface area is 182 Å². The van der Waals surface area contributed by atoms with Crippen molar-refractivity contribution in [2.24, 2.45) is 5.92 Å². The van der Waals surface area contributed by atoms with E-state index >= 15 is 0 Å². The summed E-state index contributed by atoms with van der Waals surface area (Å²) in [6.45, 7) is 8.73. The van der Waals surface area contributed by atoms with Crippen LogP contribution in [0.1, 0.15) is 78.2 Å². The minimum absolute atomic E-state index is 0.111. The van der Waals surface area contributed by atoms with Crippen LogP contribution in [0.25, 0.3) is 6.08 Å². The smallest absolute Gasteiger partial charge is 0.307 e. The normalized spacial score (nSPS) is 27.0. The Morgan fingerprint density at radius 3 is 2.40 bits per heavy atom. The summed E-state index contributed by atoms with van der Waals surface area (Å²) < 4.78 is 5.38. The third-order valence-corrected chi connectivity index (χ3v) is 6.19. The zero-order chi connectivity index (χ0) is 21.6. The van der Waals surface area contributed by atoms with Gasteiger partial charge in [-0.05, 0) is 70.8 Å². The lowest BCUT2D eigenvalue weighted by molar-refractivity contribution is -0.154. The van der Waals surface area contributed by atoms with Gasteiger partial charge in [-0.2, -0.15) is 0 Å². The maximum absolute atomic E-state index is 11.8. The van der Waals surface area contributed by atoms with Gasteiger partial charge in [0.2, 0.25) is 0 Å². The molecule has 2 aliphatic carbocycles. The van der Waals surface area contributed by atoms with Gasteiger partial charge in [-0.15, -0.1) is 0 Å². The number of hydrogen-bond donors (Lipinski definition) is 2. The summed E-state index contributed by atoms with van der Waals surface area (Å²) >= 11 is 0. The molecule has 2 N–H and O–H groups in total. The van der Waals surface area contributed by atoms with Crippen molar-refractivity contribution < 1.29 is 9.53 Å². The number of ether oxygens (including phenoxy) is 1. The first kappa shape index (κ1) is 23.0. The third-order valence-electron chi connectivity index (χ3n) is 6.19. The number of hydrogen-bond acceptors (Lipinski definition) is 4. The molecule has 0 aromatic heterocycles. The fraction of sp³-hybridized carbons (Fsp3) is 0.654. The Morgan fingerprint density at radius 2 is 1.77 bits per heavy atom. The molecule has 4 nitrogen and oxygen atoms in total. The molecule has 2 fully saturated rings. The molecular weight excluding hydrogens is 372 g/mol. The second-order valence-corrected chi connectivity index (χ2v) is 9.94. The highest BCUT2D eigenvalue weighted by atomic mass is 16.6. The Kier molecular flexibility index (Phi) is 8.13. The maximum Gasteiger partial charge on any atom is 0.307 e. The predicted molar refractivity (Wildman–Crippen MR) is 124 cm³/mol. The van der Waals surface area contributed by atoms with E-state index in [1.807, 2.05) is 20.8 Å². The van der Waals surface area contributed by atoms with Crippen molar-refractivity contribution in [1.82, 2.24) is 10.6 Å². The van der Waals surface area contributed by atoms with Crippen LogP contribution in [0, 0.1) is 5.92 Å². The van der Waals surface area contributed by atoms with Crippen molar-refractivity contribution in [3.8, 4) is 0 Å². The Morgan fingerprint density at radius 1 is 1.10 bits per heavy atom. The summed E-state index contributed by atoms with van der Waals surface area (Å²) in [6.07, 6.45) is 10.1. The van der Waals surface area contributed by atoms with Crippen LogP contribution in [0.5, 0.6) is 0 Å². The standard InChI is InChI=1S/C26H40N2O2/c1-5-20(17-19-9-7-6-8-10-19)23-18-24(23)28-22-13-11-21(12-14-22)27-16-15-25(29)30-26(2,3)4/h6-10,17,21-24,27-28H,5,11-16,18H2,1-4H3/b20-17+/t21-,22-,23?,24?. The average Bonchev–Trinajstić information content (AvgIpc) is 3.46. The molecule has 0 radical (unpaired) electrons. The van der Waals surface area contributed by atoms with Crippen LogP contribution in [-0.4, -0.2) is 36.2 Å². The van der Waals surface area contributed by atoms with E-state index in [0.29, 0.717) is 37.0 Å². The van der Waals surface area contributed by atoms with Gasteiger partial charge in [0.15, 0.2) is 0 Å². The number of benzene rings is 1. The lowest BCUT2D eigenvalue weighted by Gasteiger charge is -2.30. The first-order valence-corrected chi connectivity index (χ1v) is 11.8. The monoisotopic (exact) mass is 412 g/mol. The first-order valence-electron chi connectivity index (χ1n) is 11.8. The minimum atomic E-state index is -0.393. The molecule has 2 atom stereocenters. The summed E-state index contributed by atoms with van der Waals surface area (Å²) in [6, 6.07) is 12.5. The van der Waals surface area contributed by atoms with E-state index in [2.05, 4.69) is 54.0 Å². The number of carbonyl (C=O) groups excluding carboxylic acids is 1. The van der Waals surface area contributed by atoms with Crippen LogP contribution >= 0.6 is 0 Å². The van der Waals surface area contributed by atoms with Crippen LogP contribution in [0.3, 0.4) is 0 Å². The molecule has 0 spiro atoms. The molecule has 2 unspecified atom stereocenters. The van der Waals surface area contributed by atoms with E-state index in [-0.39, 0.29) is 5.97 Å². The van der Waals surface area contributed by atoms with Crippen LogP contribution in [0.15, 0.2) is 35.9 Å². The molecule has 30 heavy (non-hydrogen) atoms. The second kappa shape index (κ2) is 10.6. The molecule has 0 heterocycles. The second-order valence-electron chi connectivity index (χ2n) is 9.94. The number of rotatable bonds is 9. The molecule has 0 saturated heterocycles. The minimum Gasteiger partial charge on any atom is -0.460 e. The molecule has 0 amide bonds. The molecule has 2 saturated carbocycles. The van der Waals surface area contributed by atoms with Gasteiger partial charge in [-0.1, -0.05) is 48.9 Å². The molecule has 166 valence electrons. The van der Waals surface area contributed by atoms with Gasteiger partial charge in [0.05, 0.1) is 6.42 Å². The van der Waals surface area contributed by atoms with Gasteiger partial charge >= 0.3 is 5.97 Å². The van der Waals surface area contributed by atoms with E-state index in [1.165, 1.54) is 37.7 Å². The van der Waals surface area contributed by atoms with Gasteiger partial charge in [0.25, 0.3) is 0 Å². The van der Waals surface area contributed by atoms with Crippen molar-refractivity contribution in [3.05, 3.63) is 41.5 Å². The summed E-state index contributed by atoms with van der Waals surface area (Å²) in [4.78, 5) is 11.8.